The molecule has 0 radical (unpaired) electrons. The Hall–Kier alpha value is -3.53. The van der Waals surface area contributed by atoms with Crippen LogP contribution in [0.4, 0.5) is 4.79 Å². The van der Waals surface area contributed by atoms with Gasteiger partial charge in [0.2, 0.25) is 0 Å². The van der Waals surface area contributed by atoms with Crippen LogP contribution < -0.4 is 15.4 Å². The van der Waals surface area contributed by atoms with Gasteiger partial charge in [-0.15, -0.1) is 0 Å². The van der Waals surface area contributed by atoms with E-state index in [1.54, 1.807) is 7.11 Å². The molecule has 34 heavy (non-hydrogen) atoms. The number of hydrogen-bond donors (Lipinski definition) is 2. The lowest BCUT2D eigenvalue weighted by atomic mass is 9.88. The summed E-state index contributed by atoms with van der Waals surface area (Å²) in [6.45, 7) is 0.565. The van der Waals surface area contributed by atoms with Crippen molar-refractivity contribution in [3.05, 3.63) is 102 Å². The lowest BCUT2D eigenvalue weighted by Crippen LogP contribution is -2.43. The van der Waals surface area contributed by atoms with Gasteiger partial charge in [0, 0.05) is 12.6 Å². The normalized spacial score (nSPS) is 14.7. The summed E-state index contributed by atoms with van der Waals surface area (Å²) in [5.41, 5.74) is 5.81. The fourth-order valence-corrected chi connectivity index (χ4v) is 4.72. The van der Waals surface area contributed by atoms with Gasteiger partial charge in [-0.2, -0.15) is 0 Å². The van der Waals surface area contributed by atoms with Crippen molar-refractivity contribution >= 4 is 17.2 Å². The highest BCUT2D eigenvalue weighted by atomic mass is 16.5. The van der Waals surface area contributed by atoms with Crippen LogP contribution in [0.2, 0.25) is 0 Å². The second-order valence-electron chi connectivity index (χ2n) is 8.80. The quantitative estimate of drug-likeness (QED) is 0.373. The van der Waals surface area contributed by atoms with Crippen LogP contribution in [0.1, 0.15) is 55.2 Å². The highest BCUT2D eigenvalue weighted by Gasteiger charge is 2.17. The Balaban J connectivity index is 1.63. The van der Waals surface area contributed by atoms with Gasteiger partial charge in [-0.1, -0.05) is 92.1 Å². The Morgan fingerprint density at radius 1 is 0.794 bits per heavy atom. The van der Waals surface area contributed by atoms with Gasteiger partial charge >= 0.3 is 6.03 Å². The van der Waals surface area contributed by atoms with Crippen LogP contribution in [0.15, 0.2) is 84.9 Å². The molecule has 176 valence electrons. The third kappa shape index (κ3) is 6.28. The van der Waals surface area contributed by atoms with Crippen molar-refractivity contribution in [3.8, 4) is 5.75 Å². The topological polar surface area (TPSA) is 50.4 Å². The Morgan fingerprint density at radius 3 is 2.00 bits per heavy atom. The summed E-state index contributed by atoms with van der Waals surface area (Å²) in [6, 6.07) is 29.3. The minimum absolute atomic E-state index is 0.0648. The molecule has 0 saturated heterocycles. The van der Waals surface area contributed by atoms with Gasteiger partial charge in [-0.3, -0.25) is 0 Å². The molecule has 0 bridgehead atoms. The minimum Gasteiger partial charge on any atom is -0.497 e. The van der Waals surface area contributed by atoms with Gasteiger partial charge in [-0.05, 0) is 59.2 Å². The van der Waals surface area contributed by atoms with Crippen LogP contribution >= 0.6 is 0 Å². The van der Waals surface area contributed by atoms with Crippen LogP contribution in [0.5, 0.6) is 5.75 Å². The van der Waals surface area contributed by atoms with Crippen molar-refractivity contribution in [1.29, 1.82) is 0 Å². The molecule has 3 aromatic rings. The average molecular weight is 455 g/mol. The minimum atomic E-state index is -0.0648. The maximum atomic E-state index is 12.6. The van der Waals surface area contributed by atoms with Gasteiger partial charge in [0.1, 0.15) is 5.75 Å². The summed E-state index contributed by atoms with van der Waals surface area (Å²) in [5.74, 6) is 0.832. The first-order chi connectivity index (χ1) is 16.7. The zero-order chi connectivity index (χ0) is 23.6. The maximum absolute atomic E-state index is 12.6. The third-order valence-corrected chi connectivity index (χ3v) is 6.47. The highest BCUT2D eigenvalue weighted by molar-refractivity contribution is 5.98. The molecule has 0 atom stereocenters. The monoisotopic (exact) mass is 454 g/mol. The Kier molecular flexibility index (Phi) is 8.39. The van der Waals surface area contributed by atoms with Crippen LogP contribution in [-0.2, 0) is 0 Å². The van der Waals surface area contributed by atoms with E-state index in [0.29, 0.717) is 12.6 Å². The number of ether oxygens (including phenoxy) is 1. The molecule has 1 aliphatic rings. The SMILES string of the molecule is COc1ccc(/C(=C(/CCNC(=O)NC2CCCCC2)c2ccccc2)c2ccccc2)cc1. The number of nitrogens with one attached hydrogen (secondary N) is 2. The summed E-state index contributed by atoms with van der Waals surface area (Å²) >= 11 is 0. The average Bonchev–Trinajstić information content (AvgIpc) is 2.90. The highest BCUT2D eigenvalue weighted by Crippen LogP contribution is 2.35. The van der Waals surface area contributed by atoms with Crippen LogP contribution in [0.3, 0.4) is 0 Å². The molecule has 1 aliphatic carbocycles. The molecule has 3 aromatic carbocycles. The molecule has 2 N–H and O–H groups in total. The van der Waals surface area contributed by atoms with E-state index in [2.05, 4.69) is 71.3 Å². The molecular formula is C30H34N2O2. The Labute approximate surface area is 203 Å². The first-order valence-corrected chi connectivity index (χ1v) is 12.3. The molecule has 0 spiro atoms. The van der Waals surface area contributed by atoms with Crippen molar-refractivity contribution in [2.24, 2.45) is 0 Å². The fourth-order valence-electron chi connectivity index (χ4n) is 4.72. The maximum Gasteiger partial charge on any atom is 0.315 e. The molecule has 1 saturated carbocycles. The standard InChI is InChI=1S/C30H34N2O2/c1-34-27-19-17-25(18-20-27)29(24-13-7-3-8-14-24)28(23-11-5-2-6-12-23)21-22-31-30(33)32-26-15-9-4-10-16-26/h2-3,5-8,11-14,17-20,26H,4,9-10,15-16,21-22H2,1H3,(H2,31,32,33)/b29-28-. The lowest BCUT2D eigenvalue weighted by molar-refractivity contribution is 0.233. The van der Waals surface area contributed by atoms with E-state index in [-0.39, 0.29) is 6.03 Å². The second kappa shape index (κ2) is 12.1. The van der Waals surface area contributed by atoms with Crippen LogP contribution in [0, 0.1) is 0 Å². The van der Waals surface area contributed by atoms with E-state index in [0.717, 1.165) is 41.7 Å². The van der Waals surface area contributed by atoms with Gasteiger partial charge in [-0.25, -0.2) is 4.79 Å². The molecule has 0 aromatic heterocycles. The summed E-state index contributed by atoms with van der Waals surface area (Å²) in [6.07, 6.45) is 6.57. The number of rotatable bonds is 8. The number of urea groups is 1. The largest absolute Gasteiger partial charge is 0.497 e. The predicted molar refractivity (Wildman–Crippen MR) is 140 cm³/mol. The second-order valence-corrected chi connectivity index (χ2v) is 8.80. The molecule has 4 heteroatoms. The first kappa shape index (κ1) is 23.6. The molecule has 4 nitrogen and oxygen atoms in total. The van der Waals surface area contributed by atoms with E-state index < -0.39 is 0 Å². The summed E-state index contributed by atoms with van der Waals surface area (Å²) in [7, 11) is 1.68. The van der Waals surface area contributed by atoms with Gasteiger partial charge in [0.15, 0.2) is 0 Å². The van der Waals surface area contributed by atoms with Crippen LogP contribution in [0.25, 0.3) is 11.1 Å². The number of carbonyl (C=O) groups is 1. The van der Waals surface area contributed by atoms with E-state index in [1.165, 1.54) is 30.4 Å². The fraction of sp³-hybridized carbons (Fsp3) is 0.300. The zero-order valence-corrected chi connectivity index (χ0v) is 19.9. The molecule has 0 heterocycles. The first-order valence-electron chi connectivity index (χ1n) is 12.3. The van der Waals surface area contributed by atoms with Gasteiger partial charge < -0.3 is 15.4 Å². The van der Waals surface area contributed by atoms with Crippen LogP contribution in [-0.4, -0.2) is 25.7 Å². The Morgan fingerprint density at radius 2 is 1.38 bits per heavy atom. The van der Waals surface area contributed by atoms with Crippen molar-refractivity contribution in [3.63, 3.8) is 0 Å². The molecule has 2 amide bonds. The lowest BCUT2D eigenvalue weighted by Gasteiger charge is -2.23. The molecule has 0 aliphatic heterocycles. The van der Waals surface area contributed by atoms with Crippen molar-refractivity contribution in [2.75, 3.05) is 13.7 Å². The predicted octanol–water partition coefficient (Wildman–Crippen LogP) is 6.68. The number of amides is 2. The molecular weight excluding hydrogens is 420 g/mol. The summed E-state index contributed by atoms with van der Waals surface area (Å²) in [5, 5.41) is 6.26. The van der Waals surface area contributed by atoms with E-state index in [9.17, 15) is 4.79 Å². The Bertz CT molecular complexity index is 1070. The number of carbonyl (C=O) groups excluding carboxylic acids is 1. The van der Waals surface area contributed by atoms with Crippen molar-refractivity contribution in [2.45, 2.75) is 44.6 Å². The number of methoxy groups -OCH3 is 1. The molecule has 0 unspecified atom stereocenters. The van der Waals surface area contributed by atoms with E-state index in [4.69, 9.17) is 4.74 Å². The number of hydrogen-bond acceptors (Lipinski definition) is 2. The smallest absolute Gasteiger partial charge is 0.315 e. The summed E-state index contributed by atoms with van der Waals surface area (Å²) < 4.78 is 5.38. The summed E-state index contributed by atoms with van der Waals surface area (Å²) in [4.78, 5) is 12.6. The molecule has 1 fully saturated rings. The van der Waals surface area contributed by atoms with Crippen molar-refractivity contribution < 1.29 is 9.53 Å². The van der Waals surface area contributed by atoms with E-state index >= 15 is 0 Å². The molecule has 4 rings (SSSR count). The van der Waals surface area contributed by atoms with Crippen molar-refractivity contribution in [1.82, 2.24) is 10.6 Å². The van der Waals surface area contributed by atoms with Gasteiger partial charge in [0.25, 0.3) is 0 Å². The number of benzene rings is 3. The zero-order valence-electron chi connectivity index (χ0n) is 19.9. The van der Waals surface area contributed by atoms with Gasteiger partial charge in [0.05, 0.1) is 7.11 Å². The third-order valence-electron chi connectivity index (χ3n) is 6.47. The van der Waals surface area contributed by atoms with E-state index in [1.807, 2.05) is 24.3 Å².